The van der Waals surface area contributed by atoms with Gasteiger partial charge < -0.3 is 4.90 Å². The van der Waals surface area contributed by atoms with Gasteiger partial charge in [0.15, 0.2) is 0 Å². The lowest BCUT2D eigenvalue weighted by atomic mass is 10.0. The number of para-hydroxylation sites is 1. The number of benzene rings is 3. The Bertz CT molecular complexity index is 1260. The Labute approximate surface area is 185 Å². The standard InChI is InChI=1S/C23H21N3O5S/c27-23(24-15-7-9-18-8-4-5-14-22(18)24)17-25(19-10-6-11-20(16-19)26(28)29)32(30,31)21-12-2-1-3-13-21/h1-6,8,10-14,16H,7,9,15,17H2. The largest absolute Gasteiger partial charge is 0.311 e. The number of amides is 1. The lowest BCUT2D eigenvalue weighted by molar-refractivity contribution is -0.384. The van der Waals surface area contributed by atoms with Crippen LogP contribution in [0.3, 0.4) is 0 Å². The Hall–Kier alpha value is -3.72. The van der Waals surface area contributed by atoms with Crippen molar-refractivity contribution in [2.24, 2.45) is 0 Å². The number of non-ortho nitro benzene ring substituents is 1. The highest BCUT2D eigenvalue weighted by molar-refractivity contribution is 7.92. The fraction of sp³-hybridized carbons (Fsp3) is 0.174. The van der Waals surface area contributed by atoms with Crippen LogP contribution in [-0.2, 0) is 21.2 Å². The monoisotopic (exact) mass is 451 g/mol. The van der Waals surface area contributed by atoms with E-state index in [-0.39, 0.29) is 16.3 Å². The molecule has 0 aliphatic carbocycles. The molecule has 1 amide bonds. The summed E-state index contributed by atoms with van der Waals surface area (Å²) in [6, 6.07) is 20.6. The Morgan fingerprint density at radius 1 is 1.00 bits per heavy atom. The second-order valence-electron chi connectivity index (χ2n) is 7.38. The van der Waals surface area contributed by atoms with Crippen LogP contribution in [0.2, 0.25) is 0 Å². The third-order valence-corrected chi connectivity index (χ3v) is 7.14. The van der Waals surface area contributed by atoms with Gasteiger partial charge in [0, 0.05) is 24.4 Å². The second kappa shape index (κ2) is 8.80. The van der Waals surface area contributed by atoms with E-state index >= 15 is 0 Å². The third-order valence-electron chi connectivity index (χ3n) is 5.35. The van der Waals surface area contributed by atoms with E-state index in [2.05, 4.69) is 0 Å². The molecule has 3 aromatic carbocycles. The van der Waals surface area contributed by atoms with Gasteiger partial charge in [-0.05, 0) is 42.7 Å². The van der Waals surface area contributed by atoms with Crippen molar-refractivity contribution in [3.63, 3.8) is 0 Å². The first-order valence-electron chi connectivity index (χ1n) is 10.1. The zero-order valence-electron chi connectivity index (χ0n) is 17.1. The summed E-state index contributed by atoms with van der Waals surface area (Å²) < 4.78 is 27.9. The number of hydrogen-bond acceptors (Lipinski definition) is 5. The van der Waals surface area contributed by atoms with Crippen molar-refractivity contribution in [1.29, 1.82) is 0 Å². The molecule has 1 heterocycles. The van der Waals surface area contributed by atoms with Crippen LogP contribution in [0.4, 0.5) is 17.1 Å². The summed E-state index contributed by atoms with van der Waals surface area (Å²) in [5, 5.41) is 11.3. The van der Waals surface area contributed by atoms with Crippen molar-refractivity contribution in [2.45, 2.75) is 17.7 Å². The van der Waals surface area contributed by atoms with E-state index < -0.39 is 27.4 Å². The summed E-state index contributed by atoms with van der Waals surface area (Å²) in [5.74, 6) is -0.400. The molecule has 3 aromatic rings. The molecule has 9 heteroatoms. The number of carbonyl (C=O) groups excluding carboxylic acids is 1. The number of hydrogen-bond donors (Lipinski definition) is 0. The summed E-state index contributed by atoms with van der Waals surface area (Å²) >= 11 is 0. The summed E-state index contributed by atoms with van der Waals surface area (Å²) in [4.78, 5) is 25.6. The van der Waals surface area contributed by atoms with Crippen LogP contribution < -0.4 is 9.21 Å². The molecule has 0 aromatic heterocycles. The van der Waals surface area contributed by atoms with E-state index in [1.807, 2.05) is 24.3 Å². The highest BCUT2D eigenvalue weighted by atomic mass is 32.2. The molecule has 0 saturated heterocycles. The average molecular weight is 452 g/mol. The van der Waals surface area contributed by atoms with E-state index in [9.17, 15) is 23.3 Å². The van der Waals surface area contributed by atoms with Crippen LogP contribution in [0.15, 0.2) is 83.8 Å². The van der Waals surface area contributed by atoms with Crippen molar-refractivity contribution in [3.05, 3.63) is 94.5 Å². The van der Waals surface area contributed by atoms with Crippen molar-refractivity contribution in [2.75, 3.05) is 22.3 Å². The van der Waals surface area contributed by atoms with E-state index in [0.717, 1.165) is 34.5 Å². The minimum atomic E-state index is -4.14. The number of carbonyl (C=O) groups is 1. The van der Waals surface area contributed by atoms with Crippen LogP contribution in [0.25, 0.3) is 0 Å². The zero-order chi connectivity index (χ0) is 22.7. The molecule has 0 fully saturated rings. The Kier molecular flexibility index (Phi) is 5.91. The highest BCUT2D eigenvalue weighted by Gasteiger charge is 2.31. The number of sulfonamides is 1. The number of fused-ring (bicyclic) bond motifs is 1. The van der Waals surface area contributed by atoms with Gasteiger partial charge in [-0.1, -0.05) is 42.5 Å². The molecule has 0 bridgehead atoms. The molecule has 0 atom stereocenters. The number of rotatable bonds is 6. The Morgan fingerprint density at radius 3 is 2.47 bits per heavy atom. The van der Waals surface area contributed by atoms with Crippen LogP contribution in [0.5, 0.6) is 0 Å². The molecule has 0 saturated carbocycles. The predicted molar refractivity (Wildman–Crippen MR) is 121 cm³/mol. The molecule has 1 aliphatic rings. The number of anilines is 2. The molecule has 0 unspecified atom stereocenters. The maximum absolute atomic E-state index is 13.5. The van der Waals surface area contributed by atoms with Crippen LogP contribution in [-0.4, -0.2) is 32.3 Å². The van der Waals surface area contributed by atoms with E-state index in [1.54, 1.807) is 23.1 Å². The van der Waals surface area contributed by atoms with Crippen molar-refractivity contribution in [3.8, 4) is 0 Å². The summed E-state index contributed by atoms with van der Waals surface area (Å²) in [7, 11) is -4.14. The molecule has 164 valence electrons. The molecular formula is C23H21N3O5S. The topological polar surface area (TPSA) is 101 Å². The SMILES string of the molecule is O=C(CN(c1cccc([N+](=O)[O-])c1)S(=O)(=O)c1ccccc1)N1CCCc2ccccc21. The van der Waals surface area contributed by atoms with Gasteiger partial charge in [-0.3, -0.25) is 19.2 Å². The van der Waals surface area contributed by atoms with Crippen molar-refractivity contribution < 1.29 is 18.1 Å². The van der Waals surface area contributed by atoms with Gasteiger partial charge in [-0.25, -0.2) is 8.42 Å². The maximum atomic E-state index is 13.5. The molecule has 0 N–H and O–H groups in total. The van der Waals surface area contributed by atoms with E-state index in [1.165, 1.54) is 30.3 Å². The summed E-state index contributed by atoms with van der Waals surface area (Å²) in [6.45, 7) is -0.00324. The molecule has 8 nitrogen and oxygen atoms in total. The van der Waals surface area contributed by atoms with Crippen LogP contribution >= 0.6 is 0 Å². The molecule has 0 radical (unpaired) electrons. The first-order valence-corrected chi connectivity index (χ1v) is 11.5. The van der Waals surface area contributed by atoms with Crippen molar-refractivity contribution in [1.82, 2.24) is 0 Å². The Morgan fingerprint density at radius 2 is 1.72 bits per heavy atom. The molecule has 4 rings (SSSR count). The van der Waals surface area contributed by atoms with Crippen molar-refractivity contribution >= 4 is 33.0 Å². The zero-order valence-corrected chi connectivity index (χ0v) is 17.9. The minimum Gasteiger partial charge on any atom is -0.311 e. The first-order chi connectivity index (χ1) is 15.4. The minimum absolute atomic E-state index is 0.00153. The lowest BCUT2D eigenvalue weighted by Gasteiger charge is -2.32. The number of nitro benzene ring substituents is 1. The van der Waals surface area contributed by atoms with Gasteiger partial charge in [0.25, 0.3) is 15.7 Å². The maximum Gasteiger partial charge on any atom is 0.271 e. The number of nitrogens with zero attached hydrogens (tertiary/aromatic N) is 3. The van der Waals surface area contributed by atoms with E-state index in [0.29, 0.717) is 6.54 Å². The summed E-state index contributed by atoms with van der Waals surface area (Å²) in [6.07, 6.45) is 1.61. The molecule has 1 aliphatic heterocycles. The smallest absolute Gasteiger partial charge is 0.271 e. The second-order valence-corrected chi connectivity index (χ2v) is 9.24. The van der Waals surface area contributed by atoms with E-state index in [4.69, 9.17) is 0 Å². The van der Waals surface area contributed by atoms with Gasteiger partial charge in [0.1, 0.15) is 6.54 Å². The van der Waals surface area contributed by atoms with Crippen LogP contribution in [0, 0.1) is 10.1 Å². The molecular weight excluding hydrogens is 430 g/mol. The average Bonchev–Trinajstić information content (AvgIpc) is 2.82. The molecule has 32 heavy (non-hydrogen) atoms. The summed E-state index contributed by atoms with van der Waals surface area (Å²) in [5.41, 5.74) is 1.59. The fourth-order valence-electron chi connectivity index (χ4n) is 3.80. The quantitative estimate of drug-likeness (QED) is 0.419. The molecule has 0 spiro atoms. The van der Waals surface area contributed by atoms with Gasteiger partial charge in [-0.2, -0.15) is 0 Å². The first kappa shape index (κ1) is 21.5. The van der Waals surface area contributed by atoms with Gasteiger partial charge in [-0.15, -0.1) is 0 Å². The fourth-order valence-corrected chi connectivity index (χ4v) is 5.22. The Balaban J connectivity index is 1.75. The highest BCUT2D eigenvalue weighted by Crippen LogP contribution is 2.30. The van der Waals surface area contributed by atoms with Gasteiger partial charge in [0.05, 0.1) is 15.5 Å². The van der Waals surface area contributed by atoms with Gasteiger partial charge in [0.2, 0.25) is 5.91 Å². The lowest BCUT2D eigenvalue weighted by Crippen LogP contribution is -2.45. The third kappa shape index (κ3) is 4.19. The normalized spacial score (nSPS) is 13.3. The number of aryl methyl sites for hydroxylation is 1. The number of nitro groups is 1. The van der Waals surface area contributed by atoms with Gasteiger partial charge >= 0.3 is 0 Å². The van der Waals surface area contributed by atoms with Crippen LogP contribution in [0.1, 0.15) is 12.0 Å². The predicted octanol–water partition coefficient (Wildman–Crippen LogP) is 3.77.